The van der Waals surface area contributed by atoms with E-state index in [9.17, 15) is 9.90 Å². The van der Waals surface area contributed by atoms with Crippen molar-refractivity contribution in [1.82, 2.24) is 0 Å². The highest BCUT2D eigenvalue weighted by molar-refractivity contribution is 8.13. The first-order valence-corrected chi connectivity index (χ1v) is 6.05. The summed E-state index contributed by atoms with van der Waals surface area (Å²) >= 11 is 1.26. The minimum atomic E-state index is -0.697. The van der Waals surface area contributed by atoms with Crippen molar-refractivity contribution in [3.8, 4) is 0 Å². The van der Waals surface area contributed by atoms with E-state index in [1.54, 1.807) is 6.92 Å². The highest BCUT2D eigenvalue weighted by Crippen LogP contribution is 2.25. The Hall–Kier alpha value is -0.800. The maximum Gasteiger partial charge on any atom is 0.194 e. The van der Waals surface area contributed by atoms with Crippen LogP contribution >= 0.6 is 11.8 Å². The van der Waals surface area contributed by atoms with Gasteiger partial charge in [0.2, 0.25) is 0 Å². The molecule has 1 rings (SSSR count). The zero-order chi connectivity index (χ0) is 11.3. The van der Waals surface area contributed by atoms with Crippen LogP contribution < -0.4 is 0 Å². The van der Waals surface area contributed by atoms with E-state index in [0.717, 1.165) is 11.3 Å². The number of aliphatic hydroxyl groups is 1. The van der Waals surface area contributed by atoms with Gasteiger partial charge in [0.05, 0.1) is 12.0 Å². The molecule has 2 unspecified atom stereocenters. The molecule has 0 amide bonds. The van der Waals surface area contributed by atoms with Gasteiger partial charge in [-0.1, -0.05) is 55.9 Å². The second kappa shape index (κ2) is 5.93. The molecule has 0 saturated heterocycles. The molecule has 0 aliphatic carbocycles. The van der Waals surface area contributed by atoms with Crippen molar-refractivity contribution in [3.63, 3.8) is 0 Å². The lowest BCUT2D eigenvalue weighted by Crippen LogP contribution is -2.16. The van der Waals surface area contributed by atoms with Crippen LogP contribution in [0.15, 0.2) is 30.3 Å². The zero-order valence-corrected chi connectivity index (χ0v) is 9.83. The van der Waals surface area contributed by atoms with Gasteiger partial charge in [0, 0.05) is 0 Å². The molecule has 0 aliphatic heterocycles. The Balaban J connectivity index is 2.68. The zero-order valence-electron chi connectivity index (χ0n) is 9.01. The number of thioether (sulfide) groups is 1. The van der Waals surface area contributed by atoms with Crippen LogP contribution in [0.4, 0.5) is 0 Å². The summed E-state index contributed by atoms with van der Waals surface area (Å²) in [6, 6.07) is 9.30. The van der Waals surface area contributed by atoms with Gasteiger partial charge in [-0.25, -0.2) is 0 Å². The van der Waals surface area contributed by atoms with Crippen LogP contribution in [-0.4, -0.2) is 16.0 Å². The Morgan fingerprint density at radius 2 is 2.00 bits per heavy atom. The fourth-order valence-corrected chi connectivity index (χ4v) is 2.02. The summed E-state index contributed by atoms with van der Waals surface area (Å²) in [6.07, 6.45) is -0.697. The third-order valence-corrected chi connectivity index (χ3v) is 3.22. The molecule has 0 bridgehead atoms. The molecule has 82 valence electrons. The minimum absolute atomic E-state index is 0.0499. The van der Waals surface area contributed by atoms with Crippen molar-refractivity contribution in [3.05, 3.63) is 35.9 Å². The van der Waals surface area contributed by atoms with E-state index in [0.29, 0.717) is 0 Å². The molecule has 0 heterocycles. The van der Waals surface area contributed by atoms with Gasteiger partial charge < -0.3 is 5.11 Å². The normalized spacial score (nSPS) is 14.6. The number of rotatable bonds is 4. The molecule has 3 heteroatoms. The van der Waals surface area contributed by atoms with E-state index in [4.69, 9.17) is 0 Å². The lowest BCUT2D eigenvalue weighted by atomic mass is 9.99. The van der Waals surface area contributed by atoms with Crippen LogP contribution in [0, 0.1) is 5.92 Å². The SMILES string of the molecule is CCSC(=O)C(C)C(O)c1ccccc1. The number of carbonyl (C=O) groups excluding carboxylic acids is 1. The predicted molar refractivity (Wildman–Crippen MR) is 63.7 cm³/mol. The molecule has 0 fully saturated rings. The largest absolute Gasteiger partial charge is 0.388 e. The number of hydrogen-bond donors (Lipinski definition) is 1. The van der Waals surface area contributed by atoms with Crippen molar-refractivity contribution >= 4 is 16.9 Å². The van der Waals surface area contributed by atoms with Crippen LogP contribution in [-0.2, 0) is 4.79 Å². The van der Waals surface area contributed by atoms with Crippen LogP contribution in [0.1, 0.15) is 25.5 Å². The second-order valence-corrected chi connectivity index (χ2v) is 4.66. The van der Waals surface area contributed by atoms with Gasteiger partial charge in [-0.2, -0.15) is 0 Å². The molecule has 1 aromatic carbocycles. The second-order valence-electron chi connectivity index (χ2n) is 3.40. The van der Waals surface area contributed by atoms with E-state index in [2.05, 4.69) is 0 Å². The Bertz CT molecular complexity index is 311. The Kier molecular flexibility index (Phi) is 4.85. The van der Waals surface area contributed by atoms with Crippen molar-refractivity contribution in [2.45, 2.75) is 20.0 Å². The van der Waals surface area contributed by atoms with E-state index < -0.39 is 6.10 Å². The van der Waals surface area contributed by atoms with Gasteiger partial charge in [-0.05, 0) is 11.3 Å². The van der Waals surface area contributed by atoms with Gasteiger partial charge >= 0.3 is 0 Å². The van der Waals surface area contributed by atoms with Crippen molar-refractivity contribution in [2.75, 3.05) is 5.75 Å². The van der Waals surface area contributed by atoms with E-state index >= 15 is 0 Å². The maximum absolute atomic E-state index is 11.6. The summed E-state index contributed by atoms with van der Waals surface area (Å²) in [5.41, 5.74) is 0.801. The summed E-state index contributed by atoms with van der Waals surface area (Å²) in [4.78, 5) is 11.6. The first kappa shape index (κ1) is 12.3. The lowest BCUT2D eigenvalue weighted by molar-refractivity contribution is -0.117. The standard InChI is InChI=1S/C12H16O2S/c1-3-15-12(14)9(2)11(13)10-7-5-4-6-8-10/h4-9,11,13H,3H2,1-2H3. The molecule has 0 aromatic heterocycles. The first-order valence-electron chi connectivity index (χ1n) is 5.06. The number of aliphatic hydroxyl groups excluding tert-OH is 1. The predicted octanol–water partition coefficient (Wildman–Crippen LogP) is 2.64. The smallest absolute Gasteiger partial charge is 0.194 e. The summed E-state index contributed by atoms with van der Waals surface area (Å²) < 4.78 is 0. The van der Waals surface area contributed by atoms with Crippen LogP contribution in [0.3, 0.4) is 0 Å². The fraction of sp³-hybridized carbons (Fsp3) is 0.417. The number of benzene rings is 1. The van der Waals surface area contributed by atoms with Gasteiger partial charge in [0.25, 0.3) is 0 Å². The molecule has 0 spiro atoms. The summed E-state index contributed by atoms with van der Waals surface area (Å²) in [5, 5.41) is 10.0. The Morgan fingerprint density at radius 1 is 1.40 bits per heavy atom. The summed E-state index contributed by atoms with van der Waals surface area (Å²) in [7, 11) is 0. The highest BCUT2D eigenvalue weighted by Gasteiger charge is 2.22. The topological polar surface area (TPSA) is 37.3 Å². The number of hydrogen-bond acceptors (Lipinski definition) is 3. The molecule has 15 heavy (non-hydrogen) atoms. The minimum Gasteiger partial charge on any atom is -0.388 e. The Labute approximate surface area is 94.7 Å². The van der Waals surface area contributed by atoms with Gasteiger partial charge in [0.15, 0.2) is 5.12 Å². The van der Waals surface area contributed by atoms with Crippen LogP contribution in [0.5, 0.6) is 0 Å². The molecular formula is C12H16O2S. The molecule has 1 N–H and O–H groups in total. The van der Waals surface area contributed by atoms with Crippen LogP contribution in [0.2, 0.25) is 0 Å². The van der Waals surface area contributed by atoms with E-state index in [1.165, 1.54) is 11.8 Å². The van der Waals surface area contributed by atoms with Gasteiger partial charge in [0.1, 0.15) is 0 Å². The van der Waals surface area contributed by atoms with Crippen molar-refractivity contribution < 1.29 is 9.90 Å². The van der Waals surface area contributed by atoms with Gasteiger partial charge in [-0.15, -0.1) is 0 Å². The molecule has 0 radical (unpaired) electrons. The van der Waals surface area contributed by atoms with Crippen molar-refractivity contribution in [1.29, 1.82) is 0 Å². The molecule has 2 atom stereocenters. The van der Waals surface area contributed by atoms with E-state index in [1.807, 2.05) is 37.3 Å². The maximum atomic E-state index is 11.6. The average Bonchev–Trinajstić information content (AvgIpc) is 2.28. The monoisotopic (exact) mass is 224 g/mol. The lowest BCUT2D eigenvalue weighted by Gasteiger charge is -2.17. The summed E-state index contributed by atoms with van der Waals surface area (Å²) in [6.45, 7) is 3.70. The average molecular weight is 224 g/mol. The quantitative estimate of drug-likeness (QED) is 0.854. The molecular weight excluding hydrogens is 208 g/mol. The first-order chi connectivity index (χ1) is 7.16. The highest BCUT2D eigenvalue weighted by atomic mass is 32.2. The van der Waals surface area contributed by atoms with Crippen molar-refractivity contribution in [2.24, 2.45) is 5.92 Å². The van der Waals surface area contributed by atoms with Crippen LogP contribution in [0.25, 0.3) is 0 Å². The fourth-order valence-electron chi connectivity index (χ4n) is 1.34. The molecule has 2 nitrogen and oxygen atoms in total. The number of carbonyl (C=O) groups is 1. The third-order valence-electron chi connectivity index (χ3n) is 2.27. The third kappa shape index (κ3) is 3.36. The molecule has 0 aliphatic rings. The molecule has 0 saturated carbocycles. The summed E-state index contributed by atoms with van der Waals surface area (Å²) in [5.74, 6) is 0.405. The molecule has 1 aromatic rings. The van der Waals surface area contributed by atoms with E-state index in [-0.39, 0.29) is 11.0 Å². The Morgan fingerprint density at radius 3 is 2.53 bits per heavy atom. The van der Waals surface area contributed by atoms with Gasteiger partial charge in [-0.3, -0.25) is 4.79 Å².